The number of likely N-dealkylation sites (tertiary alicyclic amines) is 1. The molecule has 0 radical (unpaired) electrons. The van der Waals surface area contributed by atoms with Crippen molar-refractivity contribution in [2.24, 2.45) is 5.92 Å². The highest BCUT2D eigenvalue weighted by Crippen LogP contribution is 2.34. The summed E-state index contributed by atoms with van der Waals surface area (Å²) in [4.78, 5) is 25.6. The van der Waals surface area contributed by atoms with Crippen LogP contribution in [0.25, 0.3) is 5.69 Å². The average molecular weight is 477 g/mol. The Labute approximate surface area is 184 Å². The molecule has 7 nitrogen and oxygen atoms in total. The first-order chi connectivity index (χ1) is 15.5. The Kier molecular flexibility index (Phi) is 7.18. The van der Waals surface area contributed by atoms with E-state index in [2.05, 4.69) is 15.7 Å². The van der Waals surface area contributed by atoms with Crippen molar-refractivity contribution in [3.05, 3.63) is 47.8 Å². The number of benzene rings is 1. The summed E-state index contributed by atoms with van der Waals surface area (Å²) in [7, 11) is 0. The SMILES string of the molecule is O=C(NCCNC(=O)N1CCC(C(F)(F)F)CC1)c1cn(-c2ccccc2)nc1C(F)(F)F. The minimum atomic E-state index is -4.86. The van der Waals surface area contributed by atoms with Gasteiger partial charge in [-0.05, 0) is 25.0 Å². The summed E-state index contributed by atoms with van der Waals surface area (Å²) in [5.41, 5.74) is -1.68. The van der Waals surface area contributed by atoms with Crippen molar-refractivity contribution >= 4 is 11.9 Å². The fourth-order valence-electron chi connectivity index (χ4n) is 3.42. The number of aromatic nitrogens is 2. The van der Waals surface area contributed by atoms with Crippen LogP contribution in [0, 0.1) is 5.92 Å². The van der Waals surface area contributed by atoms with Crippen molar-refractivity contribution in [1.29, 1.82) is 0 Å². The molecule has 180 valence electrons. The predicted molar refractivity (Wildman–Crippen MR) is 105 cm³/mol. The van der Waals surface area contributed by atoms with E-state index in [9.17, 15) is 35.9 Å². The monoisotopic (exact) mass is 477 g/mol. The molecule has 0 bridgehead atoms. The molecule has 13 heteroatoms. The highest BCUT2D eigenvalue weighted by molar-refractivity contribution is 5.95. The molecular formula is C20H21F6N5O2. The van der Waals surface area contributed by atoms with Crippen LogP contribution in [-0.2, 0) is 6.18 Å². The molecule has 1 aliphatic rings. The van der Waals surface area contributed by atoms with Crippen molar-refractivity contribution in [2.75, 3.05) is 26.2 Å². The zero-order chi connectivity index (χ0) is 24.2. The lowest BCUT2D eigenvalue weighted by Gasteiger charge is -2.32. The van der Waals surface area contributed by atoms with E-state index in [1.807, 2.05) is 0 Å². The Bertz CT molecular complexity index is 966. The number of hydrogen-bond acceptors (Lipinski definition) is 3. The molecular weight excluding hydrogens is 456 g/mol. The first kappa shape index (κ1) is 24.4. The quantitative estimate of drug-likeness (QED) is 0.510. The maximum atomic E-state index is 13.4. The second kappa shape index (κ2) is 9.71. The van der Waals surface area contributed by atoms with Gasteiger partial charge in [-0.15, -0.1) is 0 Å². The molecule has 3 rings (SSSR count). The molecule has 2 heterocycles. The van der Waals surface area contributed by atoms with Crippen LogP contribution in [0.3, 0.4) is 0 Å². The number of urea groups is 1. The minimum Gasteiger partial charge on any atom is -0.350 e. The molecule has 3 amide bonds. The van der Waals surface area contributed by atoms with Gasteiger partial charge in [0.05, 0.1) is 17.2 Å². The van der Waals surface area contributed by atoms with E-state index in [1.54, 1.807) is 18.2 Å². The number of halogens is 6. The number of alkyl halides is 6. The van der Waals surface area contributed by atoms with Gasteiger partial charge >= 0.3 is 18.4 Å². The zero-order valence-electron chi connectivity index (χ0n) is 17.2. The van der Waals surface area contributed by atoms with Crippen molar-refractivity contribution in [3.63, 3.8) is 0 Å². The fourth-order valence-corrected chi connectivity index (χ4v) is 3.42. The summed E-state index contributed by atoms with van der Waals surface area (Å²) in [6.07, 6.45) is -8.57. The molecule has 1 fully saturated rings. The summed E-state index contributed by atoms with van der Waals surface area (Å²) < 4.78 is 79.1. The number of piperidine rings is 1. The average Bonchev–Trinajstić information content (AvgIpc) is 3.23. The van der Waals surface area contributed by atoms with E-state index in [0.717, 1.165) is 10.9 Å². The molecule has 33 heavy (non-hydrogen) atoms. The second-order valence-electron chi connectivity index (χ2n) is 7.46. The standard InChI is InChI=1S/C20H21F6N5O2/c21-19(22,23)13-6-10-30(11-7-13)18(33)28-9-8-27-17(32)15-12-31(14-4-2-1-3-5-14)29-16(15)20(24,25)26/h1-5,12-13H,6-11H2,(H,27,32)(H,28,33). The van der Waals surface area contributed by atoms with E-state index >= 15 is 0 Å². The van der Waals surface area contributed by atoms with Crippen molar-refractivity contribution in [3.8, 4) is 5.69 Å². The van der Waals surface area contributed by atoms with Gasteiger partial charge in [-0.2, -0.15) is 31.4 Å². The zero-order valence-corrected chi connectivity index (χ0v) is 17.2. The number of nitrogens with zero attached hydrogens (tertiary/aromatic N) is 3. The Morgan fingerprint density at radius 1 is 0.970 bits per heavy atom. The van der Waals surface area contributed by atoms with E-state index in [-0.39, 0.29) is 39.0 Å². The van der Waals surface area contributed by atoms with Crippen LogP contribution >= 0.6 is 0 Å². The number of carbonyl (C=O) groups excluding carboxylic acids is 2. The Morgan fingerprint density at radius 2 is 1.58 bits per heavy atom. The summed E-state index contributed by atoms with van der Waals surface area (Å²) >= 11 is 0. The first-order valence-electron chi connectivity index (χ1n) is 10.1. The van der Waals surface area contributed by atoms with Gasteiger partial charge in [0.25, 0.3) is 5.91 Å². The molecule has 0 unspecified atom stereocenters. The van der Waals surface area contributed by atoms with E-state index in [0.29, 0.717) is 5.69 Å². The van der Waals surface area contributed by atoms with Crippen LogP contribution in [0.4, 0.5) is 31.1 Å². The number of nitrogens with one attached hydrogen (secondary N) is 2. The third kappa shape index (κ3) is 6.17. The van der Waals surface area contributed by atoms with Crippen LogP contribution in [0.1, 0.15) is 28.9 Å². The van der Waals surface area contributed by atoms with Crippen LogP contribution in [0.2, 0.25) is 0 Å². The second-order valence-corrected chi connectivity index (χ2v) is 7.46. The van der Waals surface area contributed by atoms with Crippen molar-refractivity contribution in [2.45, 2.75) is 25.2 Å². The maximum Gasteiger partial charge on any atom is 0.435 e. The van der Waals surface area contributed by atoms with E-state index in [1.165, 1.54) is 17.0 Å². The molecule has 1 aromatic heterocycles. The normalized spacial score (nSPS) is 15.4. The predicted octanol–water partition coefficient (Wildman–Crippen LogP) is 3.60. The third-order valence-electron chi connectivity index (χ3n) is 5.18. The fraction of sp³-hybridized carbons (Fsp3) is 0.450. The molecule has 1 saturated heterocycles. The van der Waals surface area contributed by atoms with Gasteiger partial charge in [-0.25, -0.2) is 9.48 Å². The van der Waals surface area contributed by atoms with Crippen LogP contribution in [-0.4, -0.2) is 59.0 Å². The third-order valence-corrected chi connectivity index (χ3v) is 5.18. The Morgan fingerprint density at radius 3 is 2.15 bits per heavy atom. The van der Waals surface area contributed by atoms with Gasteiger partial charge in [-0.1, -0.05) is 18.2 Å². The lowest BCUT2D eigenvalue weighted by molar-refractivity contribution is -0.183. The molecule has 0 aliphatic carbocycles. The highest BCUT2D eigenvalue weighted by atomic mass is 19.4. The first-order valence-corrected chi connectivity index (χ1v) is 10.1. The summed E-state index contributed by atoms with van der Waals surface area (Å²) in [5, 5.41) is 8.21. The van der Waals surface area contributed by atoms with E-state index in [4.69, 9.17) is 0 Å². The molecule has 1 aromatic carbocycles. The van der Waals surface area contributed by atoms with Gasteiger partial charge in [-0.3, -0.25) is 4.79 Å². The molecule has 2 N–H and O–H groups in total. The largest absolute Gasteiger partial charge is 0.435 e. The van der Waals surface area contributed by atoms with Crippen LogP contribution < -0.4 is 10.6 Å². The Hall–Kier alpha value is -3.25. The van der Waals surface area contributed by atoms with Crippen molar-refractivity contribution in [1.82, 2.24) is 25.3 Å². The molecule has 0 saturated carbocycles. The number of carbonyl (C=O) groups is 2. The lowest BCUT2D eigenvalue weighted by atomic mass is 9.96. The highest BCUT2D eigenvalue weighted by Gasteiger charge is 2.42. The molecule has 0 atom stereocenters. The Balaban J connectivity index is 1.53. The van der Waals surface area contributed by atoms with E-state index < -0.39 is 41.5 Å². The van der Waals surface area contributed by atoms with Gasteiger partial charge in [0, 0.05) is 32.4 Å². The van der Waals surface area contributed by atoms with Gasteiger partial charge in [0.2, 0.25) is 0 Å². The van der Waals surface area contributed by atoms with Gasteiger partial charge in [0.1, 0.15) is 0 Å². The van der Waals surface area contributed by atoms with Gasteiger partial charge < -0.3 is 15.5 Å². The number of amides is 3. The summed E-state index contributed by atoms with van der Waals surface area (Å²) in [6.45, 7) is -0.415. The number of hydrogen-bond donors (Lipinski definition) is 2. The maximum absolute atomic E-state index is 13.4. The van der Waals surface area contributed by atoms with Crippen LogP contribution in [0.5, 0.6) is 0 Å². The lowest BCUT2D eigenvalue weighted by Crippen LogP contribution is -2.48. The van der Waals surface area contributed by atoms with Crippen LogP contribution in [0.15, 0.2) is 36.5 Å². The number of rotatable bonds is 5. The number of para-hydroxylation sites is 1. The molecule has 0 spiro atoms. The summed E-state index contributed by atoms with van der Waals surface area (Å²) in [5.74, 6) is -2.47. The van der Waals surface area contributed by atoms with Gasteiger partial charge in [0.15, 0.2) is 5.69 Å². The van der Waals surface area contributed by atoms with Crippen molar-refractivity contribution < 1.29 is 35.9 Å². The molecule has 2 aromatic rings. The smallest absolute Gasteiger partial charge is 0.350 e. The topological polar surface area (TPSA) is 79.3 Å². The molecule has 1 aliphatic heterocycles. The minimum absolute atomic E-state index is 0.0595. The summed E-state index contributed by atoms with van der Waals surface area (Å²) in [6, 6.07) is 7.36.